The van der Waals surface area contributed by atoms with Crippen molar-refractivity contribution in [1.29, 1.82) is 0 Å². The lowest BCUT2D eigenvalue weighted by Crippen LogP contribution is -2.26. The number of ether oxygens (including phenoxy) is 2. The van der Waals surface area contributed by atoms with Crippen LogP contribution >= 0.6 is 0 Å². The lowest BCUT2D eigenvalue weighted by atomic mass is 10.1. The third kappa shape index (κ3) is 3.46. The number of pyridine rings is 1. The predicted octanol–water partition coefficient (Wildman–Crippen LogP) is 3.96. The van der Waals surface area contributed by atoms with Crippen LogP contribution in [0.3, 0.4) is 0 Å². The van der Waals surface area contributed by atoms with E-state index < -0.39 is 0 Å². The van der Waals surface area contributed by atoms with Gasteiger partial charge in [0.05, 0.1) is 13.2 Å². The molecule has 0 aliphatic carbocycles. The van der Waals surface area contributed by atoms with Gasteiger partial charge in [-0.15, -0.1) is 0 Å². The smallest absolute Gasteiger partial charge is 0.292 e. The molecule has 0 N–H and O–H groups in total. The first-order valence-corrected chi connectivity index (χ1v) is 8.92. The first-order chi connectivity index (χ1) is 13.3. The van der Waals surface area contributed by atoms with Gasteiger partial charge in [-0.05, 0) is 42.2 Å². The Balaban J connectivity index is 1.68. The molecule has 2 aromatic heterocycles. The van der Waals surface area contributed by atoms with E-state index in [0.29, 0.717) is 30.4 Å². The fourth-order valence-corrected chi connectivity index (χ4v) is 2.88. The molecule has 136 valence electrons. The van der Waals surface area contributed by atoms with E-state index in [1.54, 1.807) is 4.74 Å². The first kappa shape index (κ1) is 17.0. The molecular formula is C21H20N3O3+. The number of fused-ring (bicyclic) bond motifs is 1. The average Bonchev–Trinajstić information content (AvgIpc) is 3.19. The van der Waals surface area contributed by atoms with Crippen LogP contribution in [-0.2, 0) is 0 Å². The van der Waals surface area contributed by atoms with Gasteiger partial charge >= 0.3 is 0 Å². The highest BCUT2D eigenvalue weighted by Gasteiger charge is 2.19. The van der Waals surface area contributed by atoms with Crippen molar-refractivity contribution in [3.63, 3.8) is 0 Å². The molecular weight excluding hydrogens is 342 g/mol. The zero-order valence-corrected chi connectivity index (χ0v) is 15.3. The molecule has 0 aliphatic heterocycles. The van der Waals surface area contributed by atoms with Crippen molar-refractivity contribution in [2.45, 2.75) is 13.8 Å². The number of rotatable bonds is 6. The second-order valence-corrected chi connectivity index (χ2v) is 5.93. The van der Waals surface area contributed by atoms with Crippen molar-refractivity contribution in [2.24, 2.45) is 0 Å². The minimum atomic E-state index is 0.552. The van der Waals surface area contributed by atoms with Crippen molar-refractivity contribution in [3.05, 3.63) is 60.9 Å². The van der Waals surface area contributed by atoms with Crippen LogP contribution in [0.2, 0.25) is 0 Å². The fraction of sp³-hybridized carbons (Fsp3) is 0.190. The Bertz CT molecular complexity index is 1080. The van der Waals surface area contributed by atoms with E-state index in [9.17, 15) is 0 Å². The van der Waals surface area contributed by atoms with Gasteiger partial charge in [0.2, 0.25) is 0 Å². The number of hydrogen-bond donors (Lipinski definition) is 0. The maximum Gasteiger partial charge on any atom is 0.292 e. The highest BCUT2D eigenvalue weighted by molar-refractivity contribution is 5.84. The van der Waals surface area contributed by atoms with Gasteiger partial charge in [-0.3, -0.25) is 4.98 Å². The summed E-state index contributed by atoms with van der Waals surface area (Å²) in [6.45, 7) is 5.01. The van der Waals surface area contributed by atoms with Gasteiger partial charge < -0.3 is 9.47 Å². The SMILES string of the molecule is CCOc1ccc(-[n+]2cc(-c3cc4ccccc4cn3)no2)cc1OCC. The van der Waals surface area contributed by atoms with E-state index in [1.165, 1.54) is 0 Å². The molecule has 0 fully saturated rings. The molecule has 0 amide bonds. The molecule has 0 unspecified atom stereocenters. The first-order valence-electron chi connectivity index (χ1n) is 8.92. The van der Waals surface area contributed by atoms with E-state index >= 15 is 0 Å². The number of hydrogen-bond acceptors (Lipinski definition) is 5. The van der Waals surface area contributed by atoms with E-state index in [-0.39, 0.29) is 0 Å². The Morgan fingerprint density at radius 3 is 2.48 bits per heavy atom. The Morgan fingerprint density at radius 1 is 0.889 bits per heavy atom. The minimum absolute atomic E-state index is 0.552. The van der Waals surface area contributed by atoms with Crippen molar-refractivity contribution in [2.75, 3.05) is 13.2 Å². The molecule has 27 heavy (non-hydrogen) atoms. The summed E-state index contributed by atoms with van der Waals surface area (Å²) in [7, 11) is 0. The van der Waals surface area contributed by atoms with Crippen LogP contribution in [0.25, 0.3) is 27.8 Å². The maximum atomic E-state index is 5.68. The molecule has 0 aliphatic rings. The van der Waals surface area contributed by atoms with Crippen LogP contribution in [0, 0.1) is 0 Å². The highest BCUT2D eigenvalue weighted by Crippen LogP contribution is 2.29. The summed E-state index contributed by atoms with van der Waals surface area (Å²) in [5, 5.41) is 6.35. The molecule has 0 saturated heterocycles. The lowest BCUT2D eigenvalue weighted by molar-refractivity contribution is -0.794. The van der Waals surface area contributed by atoms with Crippen LogP contribution in [0.15, 0.2) is 65.6 Å². The van der Waals surface area contributed by atoms with Crippen molar-refractivity contribution >= 4 is 10.8 Å². The Morgan fingerprint density at radius 2 is 1.67 bits per heavy atom. The molecule has 4 rings (SSSR count). The summed E-state index contributed by atoms with van der Waals surface area (Å²) in [4.78, 5) is 4.49. The van der Waals surface area contributed by atoms with Crippen LogP contribution in [0.5, 0.6) is 11.5 Å². The van der Waals surface area contributed by atoms with Gasteiger partial charge in [-0.25, -0.2) is 0 Å². The second kappa shape index (κ2) is 7.45. The van der Waals surface area contributed by atoms with Crippen LogP contribution in [0.1, 0.15) is 13.8 Å². The zero-order chi connectivity index (χ0) is 18.6. The third-order valence-corrected chi connectivity index (χ3v) is 4.14. The molecule has 0 radical (unpaired) electrons. The number of nitrogens with zero attached hydrogens (tertiary/aromatic N) is 3. The summed E-state index contributed by atoms with van der Waals surface area (Å²) >= 11 is 0. The Kier molecular flexibility index (Phi) is 4.70. The van der Waals surface area contributed by atoms with Gasteiger partial charge in [0.15, 0.2) is 28.5 Å². The molecule has 2 aromatic carbocycles. The molecule has 6 nitrogen and oxygen atoms in total. The van der Waals surface area contributed by atoms with E-state index in [1.807, 2.05) is 68.7 Å². The zero-order valence-electron chi connectivity index (χ0n) is 15.3. The summed E-state index contributed by atoms with van der Waals surface area (Å²) in [6.07, 6.45) is 3.65. The highest BCUT2D eigenvalue weighted by atomic mass is 16.6. The molecule has 0 bridgehead atoms. The van der Waals surface area contributed by atoms with Crippen LogP contribution < -0.4 is 14.2 Å². The fourth-order valence-electron chi connectivity index (χ4n) is 2.88. The standard InChI is InChI=1S/C21H20N3O3/c1-3-25-20-10-9-17(12-21(20)26-4-2)24-14-19(23-27-24)18-11-15-7-5-6-8-16(15)13-22-18/h5-14H,3-4H2,1-2H3/q+1. The van der Waals surface area contributed by atoms with Gasteiger partial charge in [-0.2, -0.15) is 0 Å². The van der Waals surface area contributed by atoms with Crippen molar-refractivity contribution in [3.8, 4) is 28.6 Å². The monoisotopic (exact) mass is 362 g/mol. The number of aromatic nitrogens is 3. The maximum absolute atomic E-state index is 5.68. The molecule has 0 spiro atoms. The molecule has 6 heteroatoms. The van der Waals surface area contributed by atoms with E-state index in [4.69, 9.17) is 14.1 Å². The molecule has 4 aromatic rings. The Hall–Kier alpha value is -3.41. The molecule has 0 atom stereocenters. The molecule has 0 saturated carbocycles. The quantitative estimate of drug-likeness (QED) is 0.486. The largest absolute Gasteiger partial charge is 0.490 e. The normalized spacial score (nSPS) is 10.9. The second-order valence-electron chi connectivity index (χ2n) is 5.93. The summed E-state index contributed by atoms with van der Waals surface area (Å²) < 4.78 is 18.4. The van der Waals surface area contributed by atoms with E-state index in [2.05, 4.69) is 16.2 Å². The summed E-state index contributed by atoms with van der Waals surface area (Å²) in [5.74, 6) is 1.38. The van der Waals surface area contributed by atoms with Gasteiger partial charge in [0.25, 0.3) is 5.69 Å². The summed E-state index contributed by atoms with van der Waals surface area (Å²) in [5.41, 5.74) is 2.21. The van der Waals surface area contributed by atoms with Gasteiger partial charge in [-0.1, -0.05) is 28.9 Å². The molecule has 2 heterocycles. The average molecular weight is 362 g/mol. The van der Waals surface area contributed by atoms with Gasteiger partial charge in [0, 0.05) is 17.6 Å². The predicted molar refractivity (Wildman–Crippen MR) is 101 cm³/mol. The van der Waals surface area contributed by atoms with E-state index in [0.717, 1.165) is 22.2 Å². The van der Waals surface area contributed by atoms with Gasteiger partial charge in [0.1, 0.15) is 5.69 Å². The summed E-state index contributed by atoms with van der Waals surface area (Å²) in [6, 6.07) is 15.7. The van der Waals surface area contributed by atoms with Crippen molar-refractivity contribution in [1.82, 2.24) is 10.1 Å². The Labute approximate surface area is 156 Å². The number of benzene rings is 2. The van der Waals surface area contributed by atoms with Crippen LogP contribution in [-0.4, -0.2) is 23.4 Å². The topological polar surface area (TPSA) is 61.3 Å². The minimum Gasteiger partial charge on any atom is -0.490 e. The van der Waals surface area contributed by atoms with Crippen molar-refractivity contribution < 1.29 is 18.8 Å². The van der Waals surface area contributed by atoms with Crippen LogP contribution in [0.4, 0.5) is 0 Å². The lowest BCUT2D eigenvalue weighted by Gasteiger charge is -2.10. The third-order valence-electron chi connectivity index (χ3n) is 4.14.